The van der Waals surface area contributed by atoms with Crippen molar-refractivity contribution in [2.75, 3.05) is 12.3 Å². The zero-order valence-electron chi connectivity index (χ0n) is 7.39. The van der Waals surface area contributed by atoms with Crippen LogP contribution in [0.3, 0.4) is 0 Å². The number of hydrogen-bond donors (Lipinski definition) is 2. The van der Waals surface area contributed by atoms with Crippen molar-refractivity contribution in [2.45, 2.75) is 18.9 Å². The van der Waals surface area contributed by atoms with Gasteiger partial charge in [0.05, 0.1) is 0 Å². The van der Waals surface area contributed by atoms with Gasteiger partial charge in [-0.1, -0.05) is 6.07 Å². The Bertz CT molecular complexity index is 286. The van der Waals surface area contributed by atoms with E-state index in [9.17, 15) is 4.39 Å². The number of nitrogen functional groups attached to an aromatic ring is 1. The molecule has 3 N–H and O–H groups in total. The zero-order chi connectivity index (χ0) is 9.26. The number of nitrogens with one attached hydrogen (secondary N) is 1. The molecule has 0 bridgehead atoms. The van der Waals surface area contributed by atoms with Gasteiger partial charge in [-0.3, -0.25) is 0 Å². The summed E-state index contributed by atoms with van der Waals surface area (Å²) in [5, 5.41) is 3.23. The third-order valence-electron chi connectivity index (χ3n) is 2.50. The molecule has 2 rings (SSSR count). The van der Waals surface area contributed by atoms with Crippen molar-refractivity contribution in [3.8, 4) is 0 Å². The molecule has 1 aromatic carbocycles. The molecule has 70 valence electrons. The van der Waals surface area contributed by atoms with Gasteiger partial charge in [0.15, 0.2) is 0 Å². The van der Waals surface area contributed by atoms with Crippen molar-refractivity contribution in [3.63, 3.8) is 0 Å². The third kappa shape index (κ3) is 1.52. The molecule has 1 fully saturated rings. The molecular formula is C10H13FN2. The van der Waals surface area contributed by atoms with Gasteiger partial charge in [0.2, 0.25) is 0 Å². The summed E-state index contributed by atoms with van der Waals surface area (Å²) in [5.41, 5.74) is 6.92. The van der Waals surface area contributed by atoms with Crippen molar-refractivity contribution >= 4 is 5.69 Å². The molecule has 3 heteroatoms. The van der Waals surface area contributed by atoms with Crippen LogP contribution in [-0.2, 0) is 0 Å². The van der Waals surface area contributed by atoms with E-state index in [1.807, 2.05) is 0 Å². The molecule has 0 radical (unpaired) electrons. The molecule has 0 amide bonds. The van der Waals surface area contributed by atoms with Gasteiger partial charge in [-0.15, -0.1) is 0 Å². The van der Waals surface area contributed by atoms with Crippen molar-refractivity contribution < 1.29 is 4.39 Å². The van der Waals surface area contributed by atoms with Gasteiger partial charge in [0.1, 0.15) is 5.82 Å². The van der Waals surface area contributed by atoms with Crippen LogP contribution in [-0.4, -0.2) is 6.54 Å². The molecule has 0 aromatic heterocycles. The second kappa shape index (κ2) is 3.34. The Kier molecular flexibility index (Phi) is 2.19. The lowest BCUT2D eigenvalue weighted by Crippen LogP contribution is -2.16. The number of anilines is 1. The third-order valence-corrected chi connectivity index (χ3v) is 2.50. The highest BCUT2D eigenvalue weighted by Gasteiger charge is 2.21. The maximum atomic E-state index is 13.4. The molecule has 0 aliphatic carbocycles. The minimum Gasteiger partial charge on any atom is -0.398 e. The van der Waals surface area contributed by atoms with E-state index in [0.29, 0.717) is 11.3 Å². The molecule has 1 saturated heterocycles. The van der Waals surface area contributed by atoms with Gasteiger partial charge < -0.3 is 11.1 Å². The molecule has 1 atom stereocenters. The standard InChI is InChI=1S/C10H13FN2/c11-7-3-1-4-8(12)10(7)9-5-2-6-13-9/h1,3-4,9,13H,2,5-6,12H2/t9-/m0/s1. The van der Waals surface area contributed by atoms with E-state index in [0.717, 1.165) is 19.4 Å². The molecule has 0 spiro atoms. The highest BCUT2D eigenvalue weighted by atomic mass is 19.1. The molecular weight excluding hydrogens is 167 g/mol. The Labute approximate surface area is 76.9 Å². The van der Waals surface area contributed by atoms with E-state index >= 15 is 0 Å². The summed E-state index contributed by atoms with van der Waals surface area (Å²) in [6.07, 6.45) is 2.07. The van der Waals surface area contributed by atoms with Crippen LogP contribution in [0.15, 0.2) is 18.2 Å². The molecule has 1 aromatic rings. The zero-order valence-corrected chi connectivity index (χ0v) is 7.39. The first kappa shape index (κ1) is 8.51. The van der Waals surface area contributed by atoms with Crippen molar-refractivity contribution in [2.24, 2.45) is 0 Å². The van der Waals surface area contributed by atoms with Gasteiger partial charge in [-0.05, 0) is 31.5 Å². The molecule has 2 nitrogen and oxygen atoms in total. The number of hydrogen-bond acceptors (Lipinski definition) is 2. The van der Waals surface area contributed by atoms with Gasteiger partial charge in [-0.25, -0.2) is 4.39 Å². The summed E-state index contributed by atoms with van der Waals surface area (Å²) >= 11 is 0. The Morgan fingerprint density at radius 1 is 1.46 bits per heavy atom. The minimum absolute atomic E-state index is 0.112. The largest absolute Gasteiger partial charge is 0.398 e. The summed E-state index contributed by atoms with van der Waals surface area (Å²) in [6.45, 7) is 0.957. The lowest BCUT2D eigenvalue weighted by Gasteiger charge is -2.13. The quantitative estimate of drug-likeness (QED) is 0.647. The van der Waals surface area contributed by atoms with Crippen LogP contribution < -0.4 is 11.1 Å². The lowest BCUT2D eigenvalue weighted by molar-refractivity contribution is 0.561. The van der Waals surface area contributed by atoms with Crippen molar-refractivity contribution in [1.82, 2.24) is 5.32 Å². The Hall–Kier alpha value is -1.09. The second-order valence-electron chi connectivity index (χ2n) is 3.39. The average molecular weight is 180 g/mol. The SMILES string of the molecule is Nc1cccc(F)c1[C@@H]1CCCN1. The highest BCUT2D eigenvalue weighted by molar-refractivity contribution is 5.49. The highest BCUT2D eigenvalue weighted by Crippen LogP contribution is 2.29. The number of nitrogens with two attached hydrogens (primary N) is 1. The summed E-state index contributed by atoms with van der Waals surface area (Å²) < 4.78 is 13.4. The van der Waals surface area contributed by atoms with E-state index in [4.69, 9.17) is 5.73 Å². The average Bonchev–Trinajstić information content (AvgIpc) is 2.57. The maximum Gasteiger partial charge on any atom is 0.130 e. The van der Waals surface area contributed by atoms with Crippen LogP contribution in [0, 0.1) is 5.82 Å². The van der Waals surface area contributed by atoms with E-state index < -0.39 is 0 Å². The van der Waals surface area contributed by atoms with Crippen LogP contribution in [0.1, 0.15) is 24.4 Å². The number of rotatable bonds is 1. The Morgan fingerprint density at radius 3 is 2.92 bits per heavy atom. The predicted molar refractivity (Wildman–Crippen MR) is 50.8 cm³/mol. The monoisotopic (exact) mass is 180 g/mol. The van der Waals surface area contributed by atoms with Gasteiger partial charge >= 0.3 is 0 Å². The van der Waals surface area contributed by atoms with Crippen LogP contribution >= 0.6 is 0 Å². The fraction of sp³-hybridized carbons (Fsp3) is 0.400. The van der Waals surface area contributed by atoms with Gasteiger partial charge in [0, 0.05) is 17.3 Å². The summed E-state index contributed by atoms with van der Waals surface area (Å²) in [4.78, 5) is 0. The lowest BCUT2D eigenvalue weighted by atomic mass is 10.0. The van der Waals surface area contributed by atoms with E-state index in [1.165, 1.54) is 6.07 Å². The molecule has 0 saturated carbocycles. The first-order valence-corrected chi connectivity index (χ1v) is 4.56. The number of halogens is 1. The number of benzene rings is 1. The van der Waals surface area contributed by atoms with Crippen LogP contribution in [0.25, 0.3) is 0 Å². The van der Waals surface area contributed by atoms with Gasteiger partial charge in [-0.2, -0.15) is 0 Å². The fourth-order valence-corrected chi connectivity index (χ4v) is 1.85. The van der Waals surface area contributed by atoms with Crippen LogP contribution in [0.2, 0.25) is 0 Å². The summed E-state index contributed by atoms with van der Waals surface area (Å²) in [7, 11) is 0. The fourth-order valence-electron chi connectivity index (χ4n) is 1.85. The molecule has 0 unspecified atom stereocenters. The van der Waals surface area contributed by atoms with Crippen molar-refractivity contribution in [3.05, 3.63) is 29.6 Å². The first-order valence-electron chi connectivity index (χ1n) is 4.56. The summed E-state index contributed by atoms with van der Waals surface area (Å²) in [6, 6.07) is 4.97. The topological polar surface area (TPSA) is 38.0 Å². The molecule has 1 aliphatic heterocycles. The van der Waals surface area contributed by atoms with Crippen LogP contribution in [0.4, 0.5) is 10.1 Å². The van der Waals surface area contributed by atoms with E-state index in [1.54, 1.807) is 12.1 Å². The Balaban J connectivity index is 2.37. The maximum absolute atomic E-state index is 13.4. The predicted octanol–water partition coefficient (Wildman–Crippen LogP) is 1.83. The van der Waals surface area contributed by atoms with Crippen LogP contribution in [0.5, 0.6) is 0 Å². The molecule has 1 aliphatic rings. The first-order chi connectivity index (χ1) is 6.29. The van der Waals surface area contributed by atoms with E-state index in [-0.39, 0.29) is 11.9 Å². The smallest absolute Gasteiger partial charge is 0.130 e. The molecule has 13 heavy (non-hydrogen) atoms. The van der Waals surface area contributed by atoms with Crippen molar-refractivity contribution in [1.29, 1.82) is 0 Å². The normalized spacial score (nSPS) is 22.1. The van der Waals surface area contributed by atoms with E-state index in [2.05, 4.69) is 5.32 Å². The second-order valence-corrected chi connectivity index (χ2v) is 3.39. The molecule has 1 heterocycles. The summed E-state index contributed by atoms with van der Waals surface area (Å²) in [5.74, 6) is -0.195. The van der Waals surface area contributed by atoms with Gasteiger partial charge in [0.25, 0.3) is 0 Å². The Morgan fingerprint density at radius 2 is 2.31 bits per heavy atom. The minimum atomic E-state index is -0.195.